The molecule has 0 saturated carbocycles. The summed E-state index contributed by atoms with van der Waals surface area (Å²) in [5, 5.41) is 3.86. The number of aryl methyl sites for hydroxylation is 1. The third-order valence-corrected chi connectivity index (χ3v) is 4.66. The van der Waals surface area contributed by atoms with Crippen LogP contribution in [-0.4, -0.2) is 28.7 Å². The largest absolute Gasteiger partial charge is 0.274 e. The van der Waals surface area contributed by atoms with E-state index in [1.54, 1.807) is 7.05 Å². The summed E-state index contributed by atoms with van der Waals surface area (Å²) in [6.07, 6.45) is 2.85. The molecule has 0 saturated heterocycles. The standard InChI is InChI=1S/C9H16IN3O2S/c1-7(2)9(4-10)12-16(14,15)8-5-11-13(3)6-8/h5-7,9,12H,4H2,1-3H3. The van der Waals surface area contributed by atoms with Gasteiger partial charge in [0.1, 0.15) is 4.90 Å². The number of hydrogen-bond acceptors (Lipinski definition) is 3. The van der Waals surface area contributed by atoms with Gasteiger partial charge in [-0.25, -0.2) is 13.1 Å². The van der Waals surface area contributed by atoms with Gasteiger partial charge in [-0.1, -0.05) is 36.4 Å². The molecule has 0 spiro atoms. The average Bonchev–Trinajstić information content (AvgIpc) is 2.61. The maximum atomic E-state index is 12.0. The first kappa shape index (κ1) is 13.9. The van der Waals surface area contributed by atoms with Gasteiger partial charge in [-0.3, -0.25) is 4.68 Å². The molecule has 1 aromatic rings. The Morgan fingerprint density at radius 1 is 1.56 bits per heavy atom. The lowest BCUT2D eigenvalue weighted by Gasteiger charge is -2.19. The molecule has 0 bridgehead atoms. The molecule has 0 aliphatic heterocycles. The second kappa shape index (κ2) is 5.46. The molecule has 1 unspecified atom stereocenters. The van der Waals surface area contributed by atoms with Crippen molar-refractivity contribution in [3.63, 3.8) is 0 Å². The number of nitrogens with zero attached hydrogens (tertiary/aromatic N) is 2. The van der Waals surface area contributed by atoms with E-state index in [9.17, 15) is 8.42 Å². The summed E-state index contributed by atoms with van der Waals surface area (Å²) >= 11 is 2.18. The molecule has 1 aromatic heterocycles. The van der Waals surface area contributed by atoms with Crippen molar-refractivity contribution in [3.05, 3.63) is 12.4 Å². The highest BCUT2D eigenvalue weighted by molar-refractivity contribution is 14.1. The van der Waals surface area contributed by atoms with Crippen molar-refractivity contribution >= 4 is 32.6 Å². The summed E-state index contributed by atoms with van der Waals surface area (Å²) in [5.74, 6) is 0.267. The normalized spacial score (nSPS) is 14.3. The van der Waals surface area contributed by atoms with Crippen LogP contribution in [0.5, 0.6) is 0 Å². The second-order valence-electron chi connectivity index (χ2n) is 3.98. The van der Waals surface area contributed by atoms with Crippen molar-refractivity contribution in [1.82, 2.24) is 14.5 Å². The Bertz CT molecular complexity index is 441. The Hall–Kier alpha value is -0.150. The van der Waals surface area contributed by atoms with Crippen LogP contribution in [0, 0.1) is 5.92 Å². The molecule has 1 heterocycles. The Morgan fingerprint density at radius 2 is 2.19 bits per heavy atom. The van der Waals surface area contributed by atoms with Crippen molar-refractivity contribution in [3.8, 4) is 0 Å². The van der Waals surface area contributed by atoms with Crippen LogP contribution in [-0.2, 0) is 17.1 Å². The van der Waals surface area contributed by atoms with Gasteiger partial charge in [0.15, 0.2) is 0 Å². The van der Waals surface area contributed by atoms with Gasteiger partial charge >= 0.3 is 0 Å². The number of alkyl halides is 1. The molecule has 5 nitrogen and oxygen atoms in total. The number of aromatic nitrogens is 2. The van der Waals surface area contributed by atoms with Crippen LogP contribution >= 0.6 is 22.6 Å². The Kier molecular flexibility index (Phi) is 4.74. The van der Waals surface area contributed by atoms with E-state index in [-0.39, 0.29) is 16.9 Å². The summed E-state index contributed by atoms with van der Waals surface area (Å²) in [7, 11) is -1.74. The van der Waals surface area contributed by atoms with E-state index >= 15 is 0 Å². The lowest BCUT2D eigenvalue weighted by molar-refractivity contribution is 0.486. The first-order valence-corrected chi connectivity index (χ1v) is 7.94. The van der Waals surface area contributed by atoms with Crippen LogP contribution in [0.1, 0.15) is 13.8 Å². The first-order valence-electron chi connectivity index (χ1n) is 4.93. The van der Waals surface area contributed by atoms with E-state index in [0.29, 0.717) is 0 Å². The van der Waals surface area contributed by atoms with Crippen molar-refractivity contribution in [2.75, 3.05) is 4.43 Å². The molecule has 1 N–H and O–H groups in total. The quantitative estimate of drug-likeness (QED) is 0.635. The topological polar surface area (TPSA) is 64.0 Å². The Morgan fingerprint density at radius 3 is 2.56 bits per heavy atom. The monoisotopic (exact) mass is 357 g/mol. The molecule has 1 rings (SSSR count). The van der Waals surface area contributed by atoms with E-state index in [1.165, 1.54) is 17.1 Å². The first-order chi connectivity index (χ1) is 7.36. The molecule has 7 heteroatoms. The van der Waals surface area contributed by atoms with Crippen molar-refractivity contribution < 1.29 is 8.42 Å². The van der Waals surface area contributed by atoms with Crippen LogP contribution in [0.15, 0.2) is 17.3 Å². The highest BCUT2D eigenvalue weighted by atomic mass is 127. The molecule has 92 valence electrons. The summed E-state index contributed by atoms with van der Waals surface area (Å²) < 4.78 is 28.8. The fraction of sp³-hybridized carbons (Fsp3) is 0.667. The highest BCUT2D eigenvalue weighted by Gasteiger charge is 2.22. The van der Waals surface area contributed by atoms with Crippen molar-refractivity contribution in [2.24, 2.45) is 13.0 Å². The number of halogens is 1. The predicted molar refractivity (Wildman–Crippen MR) is 71.0 cm³/mol. The zero-order valence-electron chi connectivity index (χ0n) is 9.51. The lowest BCUT2D eigenvalue weighted by Crippen LogP contribution is -2.39. The van der Waals surface area contributed by atoms with E-state index in [2.05, 4.69) is 32.4 Å². The molecule has 0 fully saturated rings. The van der Waals surface area contributed by atoms with E-state index in [1.807, 2.05) is 13.8 Å². The van der Waals surface area contributed by atoms with Crippen molar-refractivity contribution in [1.29, 1.82) is 0 Å². The fourth-order valence-electron chi connectivity index (χ4n) is 1.15. The summed E-state index contributed by atoms with van der Waals surface area (Å²) in [4.78, 5) is 0.213. The van der Waals surface area contributed by atoms with Gasteiger partial charge in [-0.05, 0) is 5.92 Å². The third kappa shape index (κ3) is 3.42. The fourth-order valence-corrected chi connectivity index (χ4v) is 4.05. The molecule has 1 atom stereocenters. The molecule has 16 heavy (non-hydrogen) atoms. The van der Waals surface area contributed by atoms with E-state index in [0.717, 1.165) is 4.43 Å². The highest BCUT2D eigenvalue weighted by Crippen LogP contribution is 2.12. The molecule has 0 amide bonds. The molecule has 0 radical (unpaired) electrons. The van der Waals surface area contributed by atoms with Gasteiger partial charge in [0.25, 0.3) is 0 Å². The van der Waals surface area contributed by atoms with Gasteiger partial charge in [0.2, 0.25) is 10.0 Å². The number of nitrogens with one attached hydrogen (secondary N) is 1. The molecule has 0 aromatic carbocycles. The summed E-state index contributed by atoms with van der Waals surface area (Å²) in [5.41, 5.74) is 0. The van der Waals surface area contributed by atoms with Crippen LogP contribution in [0.25, 0.3) is 0 Å². The van der Waals surface area contributed by atoms with Crippen LogP contribution < -0.4 is 4.72 Å². The van der Waals surface area contributed by atoms with Crippen LogP contribution in [0.3, 0.4) is 0 Å². The molecule has 0 aliphatic rings. The molecule has 0 aliphatic carbocycles. The SMILES string of the molecule is CC(C)C(CI)NS(=O)(=O)c1cnn(C)c1. The maximum Gasteiger partial charge on any atom is 0.243 e. The Labute approximate surface area is 110 Å². The number of hydrogen-bond donors (Lipinski definition) is 1. The second-order valence-corrected chi connectivity index (χ2v) is 6.57. The average molecular weight is 357 g/mol. The number of sulfonamides is 1. The van der Waals surface area contributed by atoms with E-state index in [4.69, 9.17) is 0 Å². The minimum Gasteiger partial charge on any atom is -0.274 e. The van der Waals surface area contributed by atoms with Crippen molar-refractivity contribution in [2.45, 2.75) is 24.8 Å². The van der Waals surface area contributed by atoms with Crippen LogP contribution in [0.4, 0.5) is 0 Å². The van der Waals surface area contributed by atoms with Gasteiger partial charge < -0.3 is 0 Å². The zero-order chi connectivity index (χ0) is 12.3. The smallest absolute Gasteiger partial charge is 0.243 e. The summed E-state index contributed by atoms with van der Waals surface area (Å²) in [6.45, 7) is 3.99. The minimum absolute atomic E-state index is 0.0502. The maximum absolute atomic E-state index is 12.0. The van der Waals surface area contributed by atoms with Gasteiger partial charge in [0.05, 0.1) is 6.20 Å². The predicted octanol–water partition coefficient (Wildman–Crippen LogP) is 1.16. The summed E-state index contributed by atoms with van der Waals surface area (Å²) in [6, 6.07) is -0.0502. The molecular weight excluding hydrogens is 341 g/mol. The van der Waals surface area contributed by atoms with Gasteiger partial charge in [0, 0.05) is 23.7 Å². The van der Waals surface area contributed by atoms with Gasteiger partial charge in [-0.2, -0.15) is 5.10 Å². The third-order valence-electron chi connectivity index (χ3n) is 2.27. The Balaban J connectivity index is 2.87. The van der Waals surface area contributed by atoms with E-state index < -0.39 is 10.0 Å². The minimum atomic E-state index is -3.43. The number of rotatable bonds is 5. The van der Waals surface area contributed by atoms with Gasteiger partial charge in [-0.15, -0.1) is 0 Å². The lowest BCUT2D eigenvalue weighted by atomic mass is 10.1. The zero-order valence-corrected chi connectivity index (χ0v) is 12.5. The van der Waals surface area contributed by atoms with Crippen LogP contribution in [0.2, 0.25) is 0 Å². The molecular formula is C9H16IN3O2S.